The Morgan fingerprint density at radius 2 is 1.74 bits per heavy atom. The van der Waals surface area contributed by atoms with Gasteiger partial charge in [-0.25, -0.2) is 4.98 Å². The topological polar surface area (TPSA) is 90.3 Å². The van der Waals surface area contributed by atoms with E-state index in [9.17, 15) is 10.2 Å². The quantitative estimate of drug-likeness (QED) is 0.526. The summed E-state index contributed by atoms with van der Waals surface area (Å²) in [6.07, 6.45) is 2.52. The van der Waals surface area contributed by atoms with Crippen molar-refractivity contribution in [1.29, 1.82) is 0 Å². The first-order valence-corrected chi connectivity index (χ1v) is 10.4. The zero-order chi connectivity index (χ0) is 19.3. The first-order chi connectivity index (χ1) is 13.8. The zero-order valence-electron chi connectivity index (χ0n) is 17.5. The molecule has 11 heteroatoms. The number of nitrogens with one attached hydrogen (secondary N) is 1. The molecule has 4 heterocycles. The van der Waals surface area contributed by atoms with Crippen LogP contribution in [0.25, 0.3) is 0 Å². The molecule has 0 radical (unpaired) electrons. The van der Waals surface area contributed by atoms with E-state index in [2.05, 4.69) is 20.1 Å². The van der Waals surface area contributed by atoms with E-state index in [0.29, 0.717) is 12.6 Å². The van der Waals surface area contributed by atoms with Gasteiger partial charge in [0.1, 0.15) is 18.0 Å². The number of halogens is 3. The number of nitrogens with zero attached hydrogens (tertiary/aromatic N) is 3. The van der Waals surface area contributed by atoms with E-state index >= 15 is 0 Å². The van der Waals surface area contributed by atoms with Gasteiger partial charge in [0.05, 0.1) is 18.8 Å². The second kappa shape index (κ2) is 14.0. The number of ether oxygens (including phenoxy) is 2. The molecule has 0 bridgehead atoms. The summed E-state index contributed by atoms with van der Waals surface area (Å²) >= 11 is 0. The van der Waals surface area contributed by atoms with Crippen molar-refractivity contribution in [2.24, 2.45) is 0 Å². The molecule has 3 aliphatic heterocycles. The van der Waals surface area contributed by atoms with Gasteiger partial charge in [0, 0.05) is 58.2 Å². The van der Waals surface area contributed by atoms with E-state index in [-0.39, 0.29) is 56.0 Å². The zero-order valence-corrected chi connectivity index (χ0v) is 20.0. The van der Waals surface area contributed by atoms with Crippen LogP contribution >= 0.6 is 37.2 Å². The molecule has 3 N–H and O–H groups in total. The summed E-state index contributed by atoms with van der Waals surface area (Å²) in [5, 5.41) is 24.0. The van der Waals surface area contributed by atoms with Crippen molar-refractivity contribution in [3.05, 3.63) is 24.4 Å². The molecule has 0 unspecified atom stereocenters. The molecule has 31 heavy (non-hydrogen) atoms. The van der Waals surface area contributed by atoms with Crippen LogP contribution in [0.5, 0.6) is 0 Å². The van der Waals surface area contributed by atoms with Crippen LogP contribution in [0.2, 0.25) is 0 Å². The third-order valence-corrected chi connectivity index (χ3v) is 6.18. The molecule has 4 rings (SSSR count). The lowest BCUT2D eigenvalue weighted by Crippen LogP contribution is -2.58. The summed E-state index contributed by atoms with van der Waals surface area (Å²) < 4.78 is 11.5. The molecule has 0 aromatic carbocycles. The number of pyridine rings is 1. The second-order valence-electron chi connectivity index (χ2n) is 7.88. The van der Waals surface area contributed by atoms with Crippen LogP contribution in [0.3, 0.4) is 0 Å². The molecular formula is C20H35Cl3N4O4. The molecule has 8 nitrogen and oxygen atoms in total. The van der Waals surface area contributed by atoms with Gasteiger partial charge in [-0.2, -0.15) is 0 Å². The predicted octanol–water partition coefficient (Wildman–Crippen LogP) is 0.727. The van der Waals surface area contributed by atoms with E-state index in [1.54, 1.807) is 0 Å². The highest BCUT2D eigenvalue weighted by atomic mass is 35.5. The van der Waals surface area contributed by atoms with Gasteiger partial charge in [-0.1, -0.05) is 6.07 Å². The van der Waals surface area contributed by atoms with Crippen molar-refractivity contribution in [3.8, 4) is 0 Å². The molecule has 3 aliphatic rings. The molecule has 3 fully saturated rings. The van der Waals surface area contributed by atoms with Crippen LogP contribution in [0, 0.1) is 0 Å². The van der Waals surface area contributed by atoms with Gasteiger partial charge in [-0.3, -0.25) is 4.90 Å². The highest BCUT2D eigenvalue weighted by Crippen LogP contribution is 2.27. The van der Waals surface area contributed by atoms with E-state index in [0.717, 1.165) is 58.1 Å². The van der Waals surface area contributed by atoms with Gasteiger partial charge in [0.15, 0.2) is 0 Å². The number of aliphatic hydroxyl groups is 2. The van der Waals surface area contributed by atoms with Crippen molar-refractivity contribution < 1.29 is 19.7 Å². The van der Waals surface area contributed by atoms with Crippen LogP contribution < -0.4 is 10.2 Å². The minimum Gasteiger partial charge on any atom is -0.394 e. The second-order valence-corrected chi connectivity index (χ2v) is 7.88. The fourth-order valence-corrected chi connectivity index (χ4v) is 4.57. The van der Waals surface area contributed by atoms with Gasteiger partial charge >= 0.3 is 0 Å². The van der Waals surface area contributed by atoms with Crippen LogP contribution in [-0.4, -0.2) is 103 Å². The Morgan fingerprint density at radius 1 is 1.03 bits per heavy atom. The van der Waals surface area contributed by atoms with Gasteiger partial charge in [0.2, 0.25) is 0 Å². The highest BCUT2D eigenvalue weighted by molar-refractivity contribution is 5.86. The van der Waals surface area contributed by atoms with Crippen molar-refractivity contribution in [2.75, 3.05) is 57.4 Å². The summed E-state index contributed by atoms with van der Waals surface area (Å²) in [6, 6.07) is 6.30. The Bertz CT molecular complexity index is 607. The van der Waals surface area contributed by atoms with E-state index in [1.165, 1.54) is 0 Å². The molecule has 1 aromatic rings. The summed E-state index contributed by atoms with van der Waals surface area (Å²) in [6.45, 7) is 5.53. The van der Waals surface area contributed by atoms with E-state index in [1.807, 2.05) is 24.4 Å². The number of hydrogen-bond acceptors (Lipinski definition) is 8. The number of aliphatic hydroxyl groups excluding tert-OH is 2. The Labute approximate surface area is 202 Å². The SMILES string of the molecule is Cl.Cl.Cl.OC[C@@H]1O[C@H](CNC2CCOCC2)[C@H](N2CCN(c3ccccn3)CC2)[C@@H]1O. The lowest BCUT2D eigenvalue weighted by molar-refractivity contribution is -0.0229. The van der Waals surface area contributed by atoms with Crippen LogP contribution in [0.1, 0.15) is 12.8 Å². The van der Waals surface area contributed by atoms with Crippen LogP contribution in [0.15, 0.2) is 24.4 Å². The minimum atomic E-state index is -0.673. The number of hydrogen-bond donors (Lipinski definition) is 3. The molecule has 0 saturated carbocycles. The maximum Gasteiger partial charge on any atom is 0.128 e. The highest BCUT2D eigenvalue weighted by Gasteiger charge is 2.46. The Morgan fingerprint density at radius 3 is 2.35 bits per heavy atom. The molecule has 0 aliphatic carbocycles. The maximum absolute atomic E-state index is 10.8. The molecule has 180 valence electrons. The molecular weight excluding hydrogens is 467 g/mol. The Hall–Kier alpha value is -0.420. The summed E-state index contributed by atoms with van der Waals surface area (Å²) in [4.78, 5) is 9.03. The first kappa shape index (κ1) is 28.6. The Kier molecular flexibility index (Phi) is 12.9. The van der Waals surface area contributed by atoms with Crippen molar-refractivity contribution >= 4 is 43.0 Å². The number of rotatable bonds is 6. The van der Waals surface area contributed by atoms with Crippen molar-refractivity contribution in [3.63, 3.8) is 0 Å². The monoisotopic (exact) mass is 500 g/mol. The lowest BCUT2D eigenvalue weighted by Gasteiger charge is -2.41. The van der Waals surface area contributed by atoms with Gasteiger partial charge < -0.3 is 29.9 Å². The fourth-order valence-electron chi connectivity index (χ4n) is 4.57. The third-order valence-electron chi connectivity index (χ3n) is 6.18. The maximum atomic E-state index is 10.8. The number of aromatic nitrogens is 1. The number of anilines is 1. The normalized spacial score (nSPS) is 29.5. The standard InChI is InChI=1S/C20H32N4O4.3ClH/c25-14-17-20(26)19(16(28-17)13-22-15-4-11-27-12-5-15)24-9-7-23(8-10-24)18-3-1-2-6-21-18;;;/h1-3,6,15-17,19-20,22,25-26H,4-5,7-14H2;3*1H/t16-,17+,19+,20-;;;/m1.../s1. The first-order valence-electron chi connectivity index (χ1n) is 10.4. The molecule has 1 aromatic heterocycles. The average Bonchev–Trinajstić information content (AvgIpc) is 3.09. The summed E-state index contributed by atoms with van der Waals surface area (Å²) in [7, 11) is 0. The van der Waals surface area contributed by atoms with Crippen molar-refractivity contribution in [1.82, 2.24) is 15.2 Å². The largest absolute Gasteiger partial charge is 0.394 e. The molecule has 0 amide bonds. The third kappa shape index (κ3) is 7.03. The van der Waals surface area contributed by atoms with Gasteiger partial charge in [-0.15, -0.1) is 37.2 Å². The van der Waals surface area contributed by atoms with Gasteiger partial charge in [0.25, 0.3) is 0 Å². The fraction of sp³-hybridized carbons (Fsp3) is 0.750. The molecule has 4 atom stereocenters. The summed E-state index contributed by atoms with van der Waals surface area (Å²) in [5.41, 5.74) is 0. The number of piperazine rings is 1. The van der Waals surface area contributed by atoms with E-state index < -0.39 is 12.2 Å². The van der Waals surface area contributed by atoms with Crippen molar-refractivity contribution in [2.45, 2.75) is 43.2 Å². The average molecular weight is 502 g/mol. The summed E-state index contributed by atoms with van der Waals surface area (Å²) in [5.74, 6) is 0.997. The van der Waals surface area contributed by atoms with Crippen LogP contribution in [0.4, 0.5) is 5.82 Å². The predicted molar refractivity (Wildman–Crippen MR) is 127 cm³/mol. The minimum absolute atomic E-state index is 0. The van der Waals surface area contributed by atoms with E-state index in [4.69, 9.17) is 9.47 Å². The smallest absolute Gasteiger partial charge is 0.128 e. The molecule has 0 spiro atoms. The lowest BCUT2D eigenvalue weighted by atomic mass is 10.0. The van der Waals surface area contributed by atoms with Crippen LogP contribution in [-0.2, 0) is 9.47 Å². The molecule has 3 saturated heterocycles. The Balaban J connectivity index is 0.00000160. The van der Waals surface area contributed by atoms with Gasteiger partial charge in [-0.05, 0) is 25.0 Å².